The highest BCUT2D eigenvalue weighted by atomic mass is 32.2. The van der Waals surface area contributed by atoms with Gasteiger partial charge in [0.05, 0.1) is 16.8 Å². The van der Waals surface area contributed by atoms with Gasteiger partial charge in [-0.05, 0) is 138 Å². The molecule has 0 saturated carbocycles. The maximum Gasteiger partial charge on any atom is 0.182 e. The molecule has 0 amide bonds. The minimum Gasteiger partial charge on any atom is -0.310 e. The summed E-state index contributed by atoms with van der Waals surface area (Å²) in [6, 6.07) is 73.4. The maximum atomic E-state index is 2.64. The third kappa shape index (κ3) is 4.30. The van der Waals surface area contributed by atoms with E-state index >= 15 is 0 Å². The molecule has 14 rings (SSSR count). The first-order valence-electron chi connectivity index (χ1n) is 22.3. The predicted molar refractivity (Wildman–Crippen MR) is 266 cm³/mol. The van der Waals surface area contributed by atoms with E-state index in [2.05, 4.69) is 221 Å². The van der Waals surface area contributed by atoms with E-state index < -0.39 is 13.5 Å². The fourth-order valence-electron chi connectivity index (χ4n) is 12.9. The van der Waals surface area contributed by atoms with Crippen LogP contribution in [0.25, 0.3) is 33.4 Å². The molecule has 0 atom stereocenters. The smallest absolute Gasteiger partial charge is 0.182 e. The van der Waals surface area contributed by atoms with Crippen LogP contribution < -0.4 is 25.6 Å². The number of para-hydroxylation sites is 1. The summed E-state index contributed by atoms with van der Waals surface area (Å²) < 4.78 is 0. The van der Waals surface area contributed by atoms with Crippen molar-refractivity contribution in [3.63, 3.8) is 0 Å². The van der Waals surface area contributed by atoms with Gasteiger partial charge >= 0.3 is 0 Å². The molecule has 1 nitrogen and oxygen atoms in total. The number of hydrogen-bond donors (Lipinski definition) is 0. The van der Waals surface area contributed by atoms with Crippen molar-refractivity contribution in [1.82, 2.24) is 0 Å². The van der Waals surface area contributed by atoms with E-state index in [4.69, 9.17) is 0 Å². The Bertz CT molecular complexity index is 3420. The molecule has 3 heteroatoms. The zero-order chi connectivity index (χ0) is 42.0. The summed E-state index contributed by atoms with van der Waals surface area (Å²) >= 11 is 1.91. The van der Waals surface area contributed by atoms with Crippen LogP contribution in [0.3, 0.4) is 0 Å². The van der Waals surface area contributed by atoms with Gasteiger partial charge in [0.1, 0.15) is 0 Å². The number of fused-ring (bicyclic) bond motifs is 21. The van der Waals surface area contributed by atoms with Crippen LogP contribution in [0.4, 0.5) is 17.1 Å². The molecule has 2 spiro atoms. The quantitative estimate of drug-likeness (QED) is 0.152. The molecule has 0 fully saturated rings. The van der Waals surface area contributed by atoms with Gasteiger partial charge < -0.3 is 4.90 Å². The maximum absolute atomic E-state index is 2.74. The van der Waals surface area contributed by atoms with Gasteiger partial charge in [0.15, 0.2) is 8.07 Å². The highest BCUT2D eigenvalue weighted by Gasteiger charge is 2.56. The van der Waals surface area contributed by atoms with E-state index in [0.717, 1.165) is 0 Å². The molecule has 4 heterocycles. The second-order valence-corrected chi connectivity index (χ2v) is 23.6. The number of anilines is 3. The summed E-state index contributed by atoms with van der Waals surface area (Å²) in [6.45, 7) is 9.38. The Kier molecular flexibility index (Phi) is 7.00. The largest absolute Gasteiger partial charge is 0.310 e. The predicted octanol–water partition coefficient (Wildman–Crippen LogP) is 12.6. The lowest BCUT2D eigenvalue weighted by Gasteiger charge is -2.49. The van der Waals surface area contributed by atoms with Crippen molar-refractivity contribution in [2.24, 2.45) is 0 Å². The SMILES string of the molecule is Cc1ccc2c(c1)[Si]1(c3ccccc3-c3ccc(N4c5ccccc5C5(c6ccccc6Sc6ccccc65)c5cc6c(cc54)-c4ccccc4C6(C)C)cc31)c1cc(C)ccc1-2. The zero-order valence-corrected chi connectivity index (χ0v) is 37.6. The van der Waals surface area contributed by atoms with Crippen molar-refractivity contribution in [2.45, 2.75) is 48.3 Å². The lowest BCUT2D eigenvalue weighted by atomic mass is 9.61. The summed E-state index contributed by atoms with van der Waals surface area (Å²) in [6.07, 6.45) is 0. The van der Waals surface area contributed by atoms with Crippen LogP contribution in [-0.2, 0) is 10.8 Å². The van der Waals surface area contributed by atoms with Gasteiger partial charge in [0.25, 0.3) is 0 Å². The van der Waals surface area contributed by atoms with E-state index in [1.165, 1.54) is 125 Å². The fourth-order valence-corrected chi connectivity index (χ4v) is 19.9. The van der Waals surface area contributed by atoms with Crippen LogP contribution in [0.15, 0.2) is 198 Å². The van der Waals surface area contributed by atoms with E-state index in [1.54, 1.807) is 0 Å². The molecule has 298 valence electrons. The first-order chi connectivity index (χ1) is 30.8. The number of nitrogens with zero attached hydrogens (tertiary/aromatic N) is 1. The van der Waals surface area contributed by atoms with E-state index in [-0.39, 0.29) is 5.41 Å². The van der Waals surface area contributed by atoms with Crippen LogP contribution >= 0.6 is 11.8 Å². The van der Waals surface area contributed by atoms with Crippen molar-refractivity contribution in [1.29, 1.82) is 0 Å². The summed E-state index contributed by atoms with van der Waals surface area (Å²) in [7, 11) is -2.74. The lowest BCUT2D eigenvalue weighted by Crippen LogP contribution is -2.70. The molecule has 1 aliphatic carbocycles. The first kappa shape index (κ1) is 35.9. The normalized spacial score (nSPS) is 16.2. The van der Waals surface area contributed by atoms with E-state index in [9.17, 15) is 0 Å². The van der Waals surface area contributed by atoms with Gasteiger partial charge in [-0.25, -0.2) is 0 Å². The van der Waals surface area contributed by atoms with Gasteiger partial charge in [-0.2, -0.15) is 0 Å². The second kappa shape index (κ2) is 12.3. The summed E-state index contributed by atoms with van der Waals surface area (Å²) in [5.74, 6) is 0. The Balaban J connectivity index is 1.11. The monoisotopic (exact) mass is 837 g/mol. The molecular weight excluding hydrogens is 795 g/mol. The molecule has 63 heavy (non-hydrogen) atoms. The number of benzene rings is 9. The van der Waals surface area contributed by atoms with Crippen LogP contribution in [0, 0.1) is 13.8 Å². The first-order valence-corrected chi connectivity index (χ1v) is 25.2. The van der Waals surface area contributed by atoms with Crippen molar-refractivity contribution < 1.29 is 0 Å². The zero-order valence-electron chi connectivity index (χ0n) is 35.8. The number of aryl methyl sites for hydroxylation is 2. The van der Waals surface area contributed by atoms with Crippen LogP contribution in [-0.4, -0.2) is 8.07 Å². The van der Waals surface area contributed by atoms with Gasteiger partial charge in [-0.15, -0.1) is 0 Å². The van der Waals surface area contributed by atoms with Crippen molar-refractivity contribution >= 4 is 57.6 Å². The topological polar surface area (TPSA) is 3.24 Å². The molecule has 0 aromatic heterocycles. The third-order valence-corrected chi connectivity index (χ3v) is 21.5. The third-order valence-electron chi connectivity index (χ3n) is 15.4. The van der Waals surface area contributed by atoms with Gasteiger partial charge in [0, 0.05) is 20.9 Å². The van der Waals surface area contributed by atoms with Gasteiger partial charge in [-0.3, -0.25) is 0 Å². The fraction of sp³-hybridized carbons (Fsp3) is 0.100. The Labute approximate surface area is 374 Å². The highest BCUT2D eigenvalue weighted by Crippen LogP contribution is 2.65. The Morgan fingerprint density at radius 1 is 0.381 bits per heavy atom. The molecule has 0 unspecified atom stereocenters. The van der Waals surface area contributed by atoms with Crippen LogP contribution in [0.5, 0.6) is 0 Å². The summed E-state index contributed by atoms with van der Waals surface area (Å²) in [5.41, 5.74) is 22.0. The number of hydrogen-bond acceptors (Lipinski definition) is 2. The molecule has 0 saturated heterocycles. The molecular formula is C60H43NSSi. The van der Waals surface area contributed by atoms with Crippen LogP contribution in [0.2, 0.25) is 0 Å². The summed E-state index contributed by atoms with van der Waals surface area (Å²) in [5, 5.41) is 6.05. The molecule has 0 radical (unpaired) electrons. The Morgan fingerprint density at radius 3 is 1.59 bits per heavy atom. The molecule has 5 aliphatic rings. The van der Waals surface area contributed by atoms with E-state index in [1.807, 2.05) is 11.8 Å². The second-order valence-electron chi connectivity index (χ2n) is 18.9. The minimum absolute atomic E-state index is 0.163. The summed E-state index contributed by atoms with van der Waals surface area (Å²) in [4.78, 5) is 5.29. The van der Waals surface area contributed by atoms with Gasteiger partial charge in [-0.1, -0.05) is 188 Å². The molecule has 9 aromatic carbocycles. The Morgan fingerprint density at radius 2 is 0.905 bits per heavy atom. The van der Waals surface area contributed by atoms with Crippen molar-refractivity contribution in [3.05, 3.63) is 233 Å². The van der Waals surface area contributed by atoms with E-state index in [0.29, 0.717) is 0 Å². The van der Waals surface area contributed by atoms with Crippen molar-refractivity contribution in [2.75, 3.05) is 4.90 Å². The molecule has 4 aliphatic heterocycles. The molecule has 0 N–H and O–H groups in total. The average molecular weight is 838 g/mol. The molecule has 0 bridgehead atoms. The standard InChI is InChI=1S/C60H43NSSi/c1-36-25-28-41-42-29-26-37(2)32-57(42)63(56(41)31-36)55-24-14-6-16-40(55)43-30-27-38(33-58(43)63)61-51-21-11-8-18-46(51)60(47-19-9-12-22-53(47)62-54-23-13-10-20-48(54)60)50-35-49-44(34-52(50)61)39-15-5-7-17-45(39)59(49,3)4/h5-35H,1-4H3. The minimum atomic E-state index is -2.74. The lowest BCUT2D eigenvalue weighted by molar-refractivity contribution is 0.649. The average Bonchev–Trinajstić information content (AvgIpc) is 3.85. The Hall–Kier alpha value is -6.65. The number of rotatable bonds is 1. The highest BCUT2D eigenvalue weighted by molar-refractivity contribution is 7.99. The van der Waals surface area contributed by atoms with Crippen LogP contribution in [0.1, 0.15) is 58.4 Å². The van der Waals surface area contributed by atoms with Gasteiger partial charge in [0.2, 0.25) is 0 Å². The van der Waals surface area contributed by atoms with Crippen molar-refractivity contribution in [3.8, 4) is 33.4 Å². The molecule has 9 aromatic rings.